The smallest absolute Gasteiger partial charge is 0.175 e. The first-order valence-electron chi connectivity index (χ1n) is 5.99. The summed E-state index contributed by atoms with van der Waals surface area (Å²) in [6.07, 6.45) is 2.73. The molecule has 2 N–H and O–H groups in total. The summed E-state index contributed by atoms with van der Waals surface area (Å²) in [7, 11) is 1.86. The van der Waals surface area contributed by atoms with Crippen molar-refractivity contribution in [3.63, 3.8) is 0 Å². The fourth-order valence-electron chi connectivity index (χ4n) is 1.75. The Hall–Kier alpha value is -1.89. The molecule has 0 aliphatic heterocycles. The third-order valence-electron chi connectivity index (χ3n) is 2.62. The number of nitrogens with two attached hydrogens (primary N) is 1. The van der Waals surface area contributed by atoms with Crippen molar-refractivity contribution in [3.05, 3.63) is 12.3 Å². The minimum atomic E-state index is 0.411. The molecule has 0 fully saturated rings. The van der Waals surface area contributed by atoms with Crippen molar-refractivity contribution in [2.75, 3.05) is 18.9 Å². The lowest BCUT2D eigenvalue weighted by Crippen LogP contribution is -2.11. The molecular formula is C11H18N6O. The first-order chi connectivity index (χ1) is 8.74. The maximum Gasteiger partial charge on any atom is 0.175 e. The number of nitrogens with zero attached hydrogens (tertiary/aromatic N) is 5. The summed E-state index contributed by atoms with van der Waals surface area (Å²) in [5.74, 6) is 0.411. The summed E-state index contributed by atoms with van der Waals surface area (Å²) in [5.41, 5.74) is 7.54. The van der Waals surface area contributed by atoms with Gasteiger partial charge in [-0.3, -0.25) is 4.68 Å². The maximum atomic E-state index is 5.86. The Morgan fingerprint density at radius 2 is 2.22 bits per heavy atom. The van der Waals surface area contributed by atoms with Crippen LogP contribution in [0.5, 0.6) is 0 Å². The number of hydrogen-bond donors (Lipinski definition) is 1. The van der Waals surface area contributed by atoms with Crippen LogP contribution >= 0.6 is 0 Å². The number of hydrogen-bond acceptors (Lipinski definition) is 5. The summed E-state index contributed by atoms with van der Waals surface area (Å²) >= 11 is 0. The fraction of sp³-hybridized carbons (Fsp3) is 0.545. The molecule has 0 saturated carbocycles. The second-order valence-corrected chi connectivity index (χ2v) is 4.00. The van der Waals surface area contributed by atoms with Crippen LogP contribution in [0, 0.1) is 0 Å². The van der Waals surface area contributed by atoms with Gasteiger partial charge in [0.15, 0.2) is 5.82 Å². The van der Waals surface area contributed by atoms with Gasteiger partial charge in [-0.15, -0.1) is 5.10 Å². The Kier molecular flexibility index (Phi) is 3.93. The summed E-state index contributed by atoms with van der Waals surface area (Å²) in [6, 6.07) is 1.89. The van der Waals surface area contributed by atoms with Crippen LogP contribution in [0.25, 0.3) is 11.4 Å². The van der Waals surface area contributed by atoms with Crippen LogP contribution in [0.3, 0.4) is 0 Å². The highest BCUT2D eigenvalue weighted by Gasteiger charge is 2.15. The van der Waals surface area contributed by atoms with Crippen molar-refractivity contribution in [1.29, 1.82) is 0 Å². The van der Waals surface area contributed by atoms with E-state index >= 15 is 0 Å². The highest BCUT2D eigenvalue weighted by molar-refractivity contribution is 5.66. The van der Waals surface area contributed by atoms with Crippen LogP contribution in [0.2, 0.25) is 0 Å². The second kappa shape index (κ2) is 5.63. The molecule has 0 aliphatic carbocycles. The zero-order valence-corrected chi connectivity index (χ0v) is 10.7. The molecule has 2 aromatic rings. The van der Waals surface area contributed by atoms with Gasteiger partial charge >= 0.3 is 0 Å². The minimum Gasteiger partial charge on any atom is -0.380 e. The van der Waals surface area contributed by atoms with Crippen LogP contribution in [0.4, 0.5) is 5.82 Å². The summed E-state index contributed by atoms with van der Waals surface area (Å²) in [4.78, 5) is 0. The van der Waals surface area contributed by atoms with Crippen LogP contribution in [0.1, 0.15) is 13.3 Å². The van der Waals surface area contributed by atoms with Gasteiger partial charge < -0.3 is 10.5 Å². The van der Waals surface area contributed by atoms with E-state index in [4.69, 9.17) is 10.5 Å². The third-order valence-corrected chi connectivity index (χ3v) is 2.62. The molecule has 0 atom stereocenters. The zero-order valence-electron chi connectivity index (χ0n) is 10.7. The van der Waals surface area contributed by atoms with Crippen molar-refractivity contribution in [2.45, 2.75) is 19.9 Å². The van der Waals surface area contributed by atoms with E-state index in [-0.39, 0.29) is 0 Å². The van der Waals surface area contributed by atoms with E-state index in [1.807, 2.05) is 13.1 Å². The average molecular weight is 250 g/mol. The summed E-state index contributed by atoms with van der Waals surface area (Å²) in [6.45, 7) is 4.06. The van der Waals surface area contributed by atoms with Crippen molar-refractivity contribution >= 4 is 5.82 Å². The molecule has 2 aromatic heterocycles. The average Bonchev–Trinajstić information content (AvgIpc) is 2.91. The first kappa shape index (κ1) is 12.6. The lowest BCUT2D eigenvalue weighted by atomic mass is 10.3. The molecule has 0 radical (unpaired) electrons. The molecule has 0 saturated heterocycles. The van der Waals surface area contributed by atoms with E-state index < -0.39 is 0 Å². The maximum absolute atomic E-state index is 5.86. The zero-order chi connectivity index (χ0) is 13.0. The molecule has 2 rings (SSSR count). The summed E-state index contributed by atoms with van der Waals surface area (Å²) in [5, 5.41) is 12.1. The van der Waals surface area contributed by atoms with Gasteiger partial charge in [-0.2, -0.15) is 5.10 Å². The van der Waals surface area contributed by atoms with Crippen molar-refractivity contribution in [1.82, 2.24) is 24.8 Å². The Balaban J connectivity index is 2.15. The molecule has 0 aromatic carbocycles. The molecule has 0 spiro atoms. The molecule has 0 aliphatic rings. The van der Waals surface area contributed by atoms with Gasteiger partial charge in [-0.25, -0.2) is 4.68 Å². The number of rotatable bonds is 6. The Labute approximate surface area is 106 Å². The number of aromatic nitrogens is 5. The number of anilines is 1. The highest BCUT2D eigenvalue weighted by Crippen LogP contribution is 2.22. The lowest BCUT2D eigenvalue weighted by molar-refractivity contribution is 0.124. The van der Waals surface area contributed by atoms with Gasteiger partial charge in [-0.05, 0) is 12.5 Å². The molecule has 0 amide bonds. The first-order valence-corrected chi connectivity index (χ1v) is 5.99. The van der Waals surface area contributed by atoms with E-state index in [0.29, 0.717) is 19.0 Å². The monoisotopic (exact) mass is 250 g/mol. The highest BCUT2D eigenvalue weighted by atomic mass is 16.5. The Morgan fingerprint density at radius 3 is 2.89 bits per heavy atom. The lowest BCUT2D eigenvalue weighted by Gasteiger charge is -2.07. The van der Waals surface area contributed by atoms with Crippen LogP contribution in [-0.2, 0) is 18.3 Å². The van der Waals surface area contributed by atoms with Gasteiger partial charge in [0.1, 0.15) is 5.69 Å². The predicted octanol–water partition coefficient (Wildman–Crippen LogP) is 0.687. The second-order valence-electron chi connectivity index (χ2n) is 4.00. The number of aryl methyl sites for hydroxylation is 1. The Bertz CT molecular complexity index is 503. The Morgan fingerprint density at radius 1 is 1.39 bits per heavy atom. The van der Waals surface area contributed by atoms with E-state index in [2.05, 4.69) is 22.3 Å². The number of ether oxygens (including phenoxy) is 1. The SMILES string of the molecule is CCCOCCn1nnc(N)c1-c1ccnn1C. The molecular weight excluding hydrogens is 232 g/mol. The predicted molar refractivity (Wildman–Crippen MR) is 67.7 cm³/mol. The standard InChI is InChI=1S/C11H18N6O/c1-3-7-18-8-6-17-10(11(12)14-15-17)9-4-5-13-16(9)2/h4-5H,3,6-8,12H2,1-2H3. The molecule has 0 unspecified atom stereocenters. The molecule has 7 heteroatoms. The minimum absolute atomic E-state index is 0.411. The van der Waals surface area contributed by atoms with E-state index in [9.17, 15) is 0 Å². The van der Waals surface area contributed by atoms with E-state index in [1.165, 1.54) is 0 Å². The largest absolute Gasteiger partial charge is 0.380 e. The molecule has 2 heterocycles. The van der Waals surface area contributed by atoms with Crippen molar-refractivity contribution in [2.24, 2.45) is 7.05 Å². The van der Waals surface area contributed by atoms with Crippen molar-refractivity contribution in [3.8, 4) is 11.4 Å². The van der Waals surface area contributed by atoms with Gasteiger partial charge in [0, 0.05) is 19.9 Å². The normalized spacial score (nSPS) is 11.0. The quantitative estimate of drug-likeness (QED) is 0.762. The van der Waals surface area contributed by atoms with Crippen molar-refractivity contribution < 1.29 is 4.74 Å². The third kappa shape index (κ3) is 2.51. The van der Waals surface area contributed by atoms with Crippen LogP contribution in [-0.4, -0.2) is 38.0 Å². The molecule has 7 nitrogen and oxygen atoms in total. The summed E-state index contributed by atoms with van der Waals surface area (Å²) < 4.78 is 8.95. The van der Waals surface area contributed by atoms with Gasteiger partial charge in [0.2, 0.25) is 0 Å². The van der Waals surface area contributed by atoms with Crippen LogP contribution < -0.4 is 5.73 Å². The van der Waals surface area contributed by atoms with E-state index in [1.54, 1.807) is 15.6 Å². The van der Waals surface area contributed by atoms with Crippen LogP contribution in [0.15, 0.2) is 12.3 Å². The van der Waals surface area contributed by atoms with Gasteiger partial charge in [-0.1, -0.05) is 12.1 Å². The van der Waals surface area contributed by atoms with Gasteiger partial charge in [0.05, 0.1) is 18.8 Å². The molecule has 18 heavy (non-hydrogen) atoms. The van der Waals surface area contributed by atoms with E-state index in [0.717, 1.165) is 24.4 Å². The molecule has 98 valence electrons. The van der Waals surface area contributed by atoms with Gasteiger partial charge in [0.25, 0.3) is 0 Å². The number of nitrogen functional groups attached to an aromatic ring is 1. The molecule has 0 bridgehead atoms. The fourth-order valence-corrected chi connectivity index (χ4v) is 1.75. The topological polar surface area (TPSA) is 83.8 Å².